The molecule has 0 bridgehead atoms. The van der Waals surface area contributed by atoms with Crippen molar-refractivity contribution in [3.05, 3.63) is 0 Å². The molecule has 0 aliphatic carbocycles. The first-order chi connectivity index (χ1) is 6.70. The summed E-state index contributed by atoms with van der Waals surface area (Å²) in [6.45, 7) is 7.29. The van der Waals surface area contributed by atoms with Gasteiger partial charge < -0.3 is 15.8 Å². The van der Waals surface area contributed by atoms with Gasteiger partial charge in [-0.05, 0) is 31.7 Å². The van der Waals surface area contributed by atoms with Crippen LogP contribution in [0.1, 0.15) is 33.1 Å². The minimum atomic E-state index is 0.326. The van der Waals surface area contributed by atoms with E-state index in [-0.39, 0.29) is 0 Å². The molecular weight excluding hydrogens is 176 g/mol. The first-order valence-corrected chi connectivity index (χ1v) is 5.78. The molecular formula is C11H24N2O. The average Bonchev–Trinajstić information content (AvgIpc) is 2.64. The van der Waals surface area contributed by atoms with Crippen molar-refractivity contribution in [3.8, 4) is 0 Å². The van der Waals surface area contributed by atoms with E-state index in [1.54, 1.807) is 0 Å². The summed E-state index contributed by atoms with van der Waals surface area (Å²) in [6, 6.07) is 0.326. The van der Waals surface area contributed by atoms with Crippen molar-refractivity contribution >= 4 is 0 Å². The van der Waals surface area contributed by atoms with Gasteiger partial charge in [0.05, 0.1) is 6.10 Å². The lowest BCUT2D eigenvalue weighted by molar-refractivity contribution is 0.110. The van der Waals surface area contributed by atoms with Crippen LogP contribution in [0.4, 0.5) is 0 Å². The molecule has 84 valence electrons. The summed E-state index contributed by atoms with van der Waals surface area (Å²) in [6.07, 6.45) is 3.94. The summed E-state index contributed by atoms with van der Waals surface area (Å²) in [4.78, 5) is 0. The van der Waals surface area contributed by atoms with Crippen LogP contribution in [0.3, 0.4) is 0 Å². The second-order valence-corrected chi connectivity index (χ2v) is 4.54. The molecule has 0 saturated carbocycles. The van der Waals surface area contributed by atoms with E-state index in [1.165, 1.54) is 12.8 Å². The van der Waals surface area contributed by atoms with Crippen LogP contribution in [0.15, 0.2) is 0 Å². The Hall–Kier alpha value is -0.120. The minimum Gasteiger partial charge on any atom is -0.377 e. The van der Waals surface area contributed by atoms with Crippen LogP contribution in [-0.4, -0.2) is 31.8 Å². The Morgan fingerprint density at radius 3 is 2.86 bits per heavy atom. The van der Waals surface area contributed by atoms with E-state index in [0.29, 0.717) is 18.1 Å². The number of hydrogen-bond donors (Lipinski definition) is 2. The molecule has 2 unspecified atom stereocenters. The Morgan fingerprint density at radius 2 is 2.29 bits per heavy atom. The summed E-state index contributed by atoms with van der Waals surface area (Å²) >= 11 is 0. The topological polar surface area (TPSA) is 47.3 Å². The molecule has 2 atom stereocenters. The van der Waals surface area contributed by atoms with E-state index in [2.05, 4.69) is 19.2 Å². The van der Waals surface area contributed by atoms with Crippen LogP contribution in [0.2, 0.25) is 0 Å². The van der Waals surface area contributed by atoms with Gasteiger partial charge in [0, 0.05) is 19.2 Å². The van der Waals surface area contributed by atoms with Crippen molar-refractivity contribution in [1.29, 1.82) is 0 Å². The molecule has 1 rings (SSSR count). The van der Waals surface area contributed by atoms with E-state index in [4.69, 9.17) is 10.5 Å². The first kappa shape index (κ1) is 12.0. The number of hydrogen-bond acceptors (Lipinski definition) is 3. The Labute approximate surface area is 87.4 Å². The second kappa shape index (κ2) is 6.38. The Kier molecular flexibility index (Phi) is 5.45. The van der Waals surface area contributed by atoms with Crippen LogP contribution in [-0.2, 0) is 4.74 Å². The molecule has 0 radical (unpaired) electrons. The lowest BCUT2D eigenvalue weighted by Crippen LogP contribution is -2.33. The molecule has 0 aromatic carbocycles. The zero-order valence-electron chi connectivity index (χ0n) is 9.46. The molecule has 0 aromatic heterocycles. The van der Waals surface area contributed by atoms with Crippen molar-refractivity contribution in [2.75, 3.05) is 19.7 Å². The van der Waals surface area contributed by atoms with Gasteiger partial charge in [0.1, 0.15) is 0 Å². The molecule has 14 heavy (non-hydrogen) atoms. The number of nitrogens with two attached hydrogens (primary N) is 1. The molecule has 0 aromatic rings. The molecule has 0 spiro atoms. The van der Waals surface area contributed by atoms with Crippen molar-refractivity contribution in [1.82, 2.24) is 5.32 Å². The van der Waals surface area contributed by atoms with Crippen molar-refractivity contribution in [2.45, 2.75) is 45.3 Å². The van der Waals surface area contributed by atoms with E-state index >= 15 is 0 Å². The number of nitrogens with one attached hydrogen (secondary N) is 1. The summed E-state index contributed by atoms with van der Waals surface area (Å²) in [7, 11) is 0. The Morgan fingerprint density at radius 1 is 1.50 bits per heavy atom. The van der Waals surface area contributed by atoms with Gasteiger partial charge in [-0.3, -0.25) is 0 Å². The van der Waals surface area contributed by atoms with Crippen molar-refractivity contribution in [2.24, 2.45) is 11.7 Å². The molecule has 3 heteroatoms. The summed E-state index contributed by atoms with van der Waals surface area (Å²) in [5, 5.41) is 3.41. The zero-order valence-corrected chi connectivity index (χ0v) is 9.46. The van der Waals surface area contributed by atoms with Crippen LogP contribution in [0, 0.1) is 5.92 Å². The first-order valence-electron chi connectivity index (χ1n) is 5.78. The van der Waals surface area contributed by atoms with Gasteiger partial charge in [-0.25, -0.2) is 0 Å². The monoisotopic (exact) mass is 200 g/mol. The van der Waals surface area contributed by atoms with Gasteiger partial charge in [-0.15, -0.1) is 0 Å². The largest absolute Gasteiger partial charge is 0.377 e. The maximum atomic E-state index is 5.94. The maximum absolute atomic E-state index is 5.94. The Bertz CT molecular complexity index is 140. The maximum Gasteiger partial charge on any atom is 0.0700 e. The standard InChI is InChI=1S/C11H24N2O/c1-9(2)11(12)5-6-13-8-10-4-3-7-14-10/h9-11,13H,3-8,12H2,1-2H3. The van der Waals surface area contributed by atoms with E-state index < -0.39 is 0 Å². The third-order valence-electron chi connectivity index (χ3n) is 2.91. The normalized spacial score (nSPS) is 24.4. The molecule has 1 aliphatic heterocycles. The fraction of sp³-hybridized carbons (Fsp3) is 1.00. The fourth-order valence-corrected chi connectivity index (χ4v) is 1.67. The highest BCUT2D eigenvalue weighted by Gasteiger charge is 2.14. The smallest absolute Gasteiger partial charge is 0.0700 e. The summed E-state index contributed by atoms with van der Waals surface area (Å²) in [5.74, 6) is 0.583. The highest BCUT2D eigenvalue weighted by molar-refractivity contribution is 4.70. The molecule has 1 heterocycles. The lowest BCUT2D eigenvalue weighted by Gasteiger charge is -2.16. The zero-order chi connectivity index (χ0) is 10.4. The molecule has 3 nitrogen and oxygen atoms in total. The molecule has 0 amide bonds. The average molecular weight is 200 g/mol. The van der Waals surface area contributed by atoms with Crippen molar-refractivity contribution in [3.63, 3.8) is 0 Å². The SMILES string of the molecule is CC(C)C(N)CCNCC1CCCO1. The van der Waals surface area contributed by atoms with Gasteiger partial charge in [0.25, 0.3) is 0 Å². The second-order valence-electron chi connectivity index (χ2n) is 4.54. The van der Waals surface area contributed by atoms with Crippen molar-refractivity contribution < 1.29 is 4.74 Å². The third kappa shape index (κ3) is 4.40. The van der Waals surface area contributed by atoms with Gasteiger partial charge in [0.2, 0.25) is 0 Å². The van der Waals surface area contributed by atoms with Crippen LogP contribution in [0.5, 0.6) is 0 Å². The summed E-state index contributed by atoms with van der Waals surface area (Å²) < 4.78 is 5.51. The molecule has 1 saturated heterocycles. The van der Waals surface area contributed by atoms with E-state index in [0.717, 1.165) is 26.1 Å². The predicted molar refractivity (Wildman–Crippen MR) is 59.3 cm³/mol. The predicted octanol–water partition coefficient (Wildman–Crippen LogP) is 1.13. The lowest BCUT2D eigenvalue weighted by atomic mass is 10.0. The number of rotatable bonds is 6. The highest BCUT2D eigenvalue weighted by atomic mass is 16.5. The van der Waals surface area contributed by atoms with Crippen LogP contribution in [0.25, 0.3) is 0 Å². The quantitative estimate of drug-likeness (QED) is 0.632. The van der Waals surface area contributed by atoms with Crippen LogP contribution < -0.4 is 11.1 Å². The molecule has 1 aliphatic rings. The van der Waals surface area contributed by atoms with E-state index in [1.807, 2.05) is 0 Å². The van der Waals surface area contributed by atoms with Gasteiger partial charge in [-0.1, -0.05) is 13.8 Å². The van der Waals surface area contributed by atoms with Crippen LogP contribution >= 0.6 is 0 Å². The molecule has 1 fully saturated rings. The van der Waals surface area contributed by atoms with Gasteiger partial charge >= 0.3 is 0 Å². The van der Waals surface area contributed by atoms with E-state index in [9.17, 15) is 0 Å². The van der Waals surface area contributed by atoms with Gasteiger partial charge in [0.15, 0.2) is 0 Å². The number of ether oxygens (including phenoxy) is 1. The Balaban J connectivity index is 1.93. The third-order valence-corrected chi connectivity index (χ3v) is 2.91. The summed E-state index contributed by atoms with van der Waals surface area (Å²) in [5.41, 5.74) is 5.94. The molecule has 3 N–H and O–H groups in total. The van der Waals surface area contributed by atoms with Gasteiger partial charge in [-0.2, -0.15) is 0 Å². The highest BCUT2D eigenvalue weighted by Crippen LogP contribution is 2.10. The minimum absolute atomic E-state index is 0.326. The fourth-order valence-electron chi connectivity index (χ4n) is 1.67.